The third kappa shape index (κ3) is 1.41. The standard InChI is InChI=1S/C9H9ClN2O/c10-6-3-1-2-5-7(11)4-8(13)12-9(5)6/h1-3,7H,4,11H2,(H,12,13). The van der Waals surface area contributed by atoms with Crippen LogP contribution in [0.1, 0.15) is 18.0 Å². The first kappa shape index (κ1) is 8.53. The molecule has 0 aromatic heterocycles. The third-order valence-corrected chi connectivity index (χ3v) is 2.43. The largest absolute Gasteiger partial charge is 0.324 e. The van der Waals surface area contributed by atoms with Crippen LogP contribution < -0.4 is 11.1 Å². The predicted molar refractivity (Wildman–Crippen MR) is 51.6 cm³/mol. The van der Waals surface area contributed by atoms with Gasteiger partial charge in [-0.05, 0) is 11.6 Å². The molecule has 1 atom stereocenters. The second-order valence-electron chi connectivity index (χ2n) is 3.06. The van der Waals surface area contributed by atoms with Gasteiger partial charge in [-0.3, -0.25) is 4.79 Å². The van der Waals surface area contributed by atoms with Gasteiger partial charge in [-0.15, -0.1) is 0 Å². The summed E-state index contributed by atoms with van der Waals surface area (Å²) in [5.74, 6) is -0.0758. The van der Waals surface area contributed by atoms with E-state index in [4.69, 9.17) is 17.3 Å². The summed E-state index contributed by atoms with van der Waals surface area (Å²) in [6, 6.07) is 5.21. The first-order valence-electron chi connectivity index (χ1n) is 4.02. The number of nitrogens with two attached hydrogens (primary N) is 1. The summed E-state index contributed by atoms with van der Waals surface area (Å²) in [4.78, 5) is 11.1. The summed E-state index contributed by atoms with van der Waals surface area (Å²) in [6.07, 6.45) is 0.327. The van der Waals surface area contributed by atoms with Gasteiger partial charge >= 0.3 is 0 Å². The topological polar surface area (TPSA) is 55.1 Å². The third-order valence-electron chi connectivity index (χ3n) is 2.12. The van der Waals surface area contributed by atoms with Gasteiger partial charge in [0.2, 0.25) is 5.91 Å². The number of hydrogen-bond acceptors (Lipinski definition) is 2. The molecule has 0 radical (unpaired) electrons. The highest BCUT2D eigenvalue weighted by Gasteiger charge is 2.23. The highest BCUT2D eigenvalue weighted by Crippen LogP contribution is 2.34. The molecule has 4 heteroatoms. The summed E-state index contributed by atoms with van der Waals surface area (Å²) in [7, 11) is 0. The Morgan fingerprint density at radius 3 is 3.08 bits per heavy atom. The zero-order chi connectivity index (χ0) is 9.42. The molecule has 1 amide bonds. The molecular weight excluding hydrogens is 188 g/mol. The summed E-state index contributed by atoms with van der Waals surface area (Å²) in [5, 5.41) is 3.25. The Morgan fingerprint density at radius 2 is 2.31 bits per heavy atom. The van der Waals surface area contributed by atoms with E-state index in [9.17, 15) is 4.79 Å². The van der Waals surface area contributed by atoms with Crippen LogP contribution in [-0.2, 0) is 4.79 Å². The molecule has 1 heterocycles. The van der Waals surface area contributed by atoms with Gasteiger partial charge in [0.25, 0.3) is 0 Å². The van der Waals surface area contributed by atoms with Crippen molar-refractivity contribution < 1.29 is 4.79 Å². The van der Waals surface area contributed by atoms with Crippen LogP contribution in [0.2, 0.25) is 5.02 Å². The van der Waals surface area contributed by atoms with E-state index in [0.717, 1.165) is 5.56 Å². The predicted octanol–water partition coefficient (Wildman–Crippen LogP) is 1.68. The average molecular weight is 197 g/mol. The number of para-hydroxylation sites is 1. The van der Waals surface area contributed by atoms with E-state index in [0.29, 0.717) is 17.1 Å². The minimum absolute atomic E-state index is 0.0758. The molecule has 0 saturated heterocycles. The number of hydrogen-bond donors (Lipinski definition) is 2. The number of nitrogens with one attached hydrogen (secondary N) is 1. The molecule has 0 fully saturated rings. The van der Waals surface area contributed by atoms with Gasteiger partial charge in [0, 0.05) is 12.5 Å². The Kier molecular flexibility index (Phi) is 1.98. The molecule has 0 aliphatic carbocycles. The van der Waals surface area contributed by atoms with Gasteiger partial charge in [-0.25, -0.2) is 0 Å². The van der Waals surface area contributed by atoms with Crippen molar-refractivity contribution in [2.75, 3.05) is 5.32 Å². The van der Waals surface area contributed by atoms with Crippen LogP contribution in [0.3, 0.4) is 0 Å². The van der Waals surface area contributed by atoms with Crippen molar-refractivity contribution >= 4 is 23.2 Å². The molecule has 0 bridgehead atoms. The first-order valence-corrected chi connectivity index (χ1v) is 4.40. The van der Waals surface area contributed by atoms with Gasteiger partial charge in [0.05, 0.1) is 10.7 Å². The Hall–Kier alpha value is -1.06. The van der Waals surface area contributed by atoms with Crippen LogP contribution in [0.25, 0.3) is 0 Å². The number of carbonyl (C=O) groups excluding carboxylic acids is 1. The molecule has 1 aliphatic rings. The minimum Gasteiger partial charge on any atom is -0.324 e. The van der Waals surface area contributed by atoms with Crippen LogP contribution in [0.4, 0.5) is 5.69 Å². The summed E-state index contributed by atoms with van der Waals surface area (Å²) < 4.78 is 0. The zero-order valence-corrected chi connectivity index (χ0v) is 7.64. The average Bonchev–Trinajstić information content (AvgIpc) is 2.07. The molecule has 1 aliphatic heterocycles. The number of amides is 1. The highest BCUT2D eigenvalue weighted by atomic mass is 35.5. The van der Waals surface area contributed by atoms with Gasteiger partial charge < -0.3 is 11.1 Å². The molecular formula is C9H9ClN2O. The van der Waals surface area contributed by atoms with Crippen LogP contribution in [0.15, 0.2) is 18.2 Å². The Labute approximate surface area is 80.9 Å². The number of halogens is 1. The zero-order valence-electron chi connectivity index (χ0n) is 6.88. The van der Waals surface area contributed by atoms with Crippen LogP contribution >= 0.6 is 11.6 Å². The monoisotopic (exact) mass is 196 g/mol. The number of carbonyl (C=O) groups is 1. The molecule has 3 nitrogen and oxygen atoms in total. The lowest BCUT2D eigenvalue weighted by atomic mass is 9.98. The molecule has 0 saturated carbocycles. The number of fused-ring (bicyclic) bond motifs is 1. The van der Waals surface area contributed by atoms with E-state index in [1.54, 1.807) is 6.07 Å². The summed E-state index contributed by atoms with van der Waals surface area (Å²) in [6.45, 7) is 0. The van der Waals surface area contributed by atoms with Crippen molar-refractivity contribution in [2.24, 2.45) is 5.73 Å². The Morgan fingerprint density at radius 1 is 1.54 bits per heavy atom. The fourth-order valence-corrected chi connectivity index (χ4v) is 1.71. The lowest BCUT2D eigenvalue weighted by molar-refractivity contribution is -0.116. The van der Waals surface area contributed by atoms with E-state index < -0.39 is 0 Å². The van der Waals surface area contributed by atoms with Gasteiger partial charge in [-0.2, -0.15) is 0 Å². The highest BCUT2D eigenvalue weighted by molar-refractivity contribution is 6.34. The SMILES string of the molecule is NC1CC(=O)Nc2c(Cl)cccc21. The van der Waals surface area contributed by atoms with Crippen LogP contribution in [0, 0.1) is 0 Å². The molecule has 1 aromatic rings. The molecule has 0 spiro atoms. The Bertz CT molecular complexity index is 365. The van der Waals surface area contributed by atoms with Crippen LogP contribution in [0.5, 0.6) is 0 Å². The number of benzene rings is 1. The van der Waals surface area contributed by atoms with E-state index in [2.05, 4.69) is 5.32 Å². The van der Waals surface area contributed by atoms with Gasteiger partial charge in [0.1, 0.15) is 0 Å². The van der Waals surface area contributed by atoms with Gasteiger partial charge in [-0.1, -0.05) is 23.7 Å². The van der Waals surface area contributed by atoms with E-state index in [-0.39, 0.29) is 11.9 Å². The fraction of sp³-hybridized carbons (Fsp3) is 0.222. The maximum atomic E-state index is 11.1. The Balaban J connectivity index is 2.54. The molecule has 68 valence electrons. The smallest absolute Gasteiger partial charge is 0.226 e. The van der Waals surface area contributed by atoms with Crippen LogP contribution in [-0.4, -0.2) is 5.91 Å². The number of rotatable bonds is 0. The van der Waals surface area contributed by atoms with Crippen molar-refractivity contribution in [3.05, 3.63) is 28.8 Å². The minimum atomic E-state index is -0.234. The lowest BCUT2D eigenvalue weighted by Crippen LogP contribution is -2.27. The van der Waals surface area contributed by atoms with Gasteiger partial charge in [0.15, 0.2) is 0 Å². The normalized spacial score (nSPS) is 20.8. The molecule has 13 heavy (non-hydrogen) atoms. The van der Waals surface area contributed by atoms with E-state index >= 15 is 0 Å². The van der Waals surface area contributed by atoms with Crippen molar-refractivity contribution in [2.45, 2.75) is 12.5 Å². The first-order chi connectivity index (χ1) is 6.18. The maximum Gasteiger partial charge on any atom is 0.226 e. The quantitative estimate of drug-likeness (QED) is 0.664. The second kappa shape index (κ2) is 3.01. The molecule has 2 rings (SSSR count). The number of anilines is 1. The fourth-order valence-electron chi connectivity index (χ4n) is 1.48. The van der Waals surface area contributed by atoms with E-state index in [1.165, 1.54) is 0 Å². The molecule has 1 unspecified atom stereocenters. The van der Waals surface area contributed by atoms with Crippen molar-refractivity contribution in [1.82, 2.24) is 0 Å². The summed E-state index contributed by atoms with van der Waals surface area (Å²) in [5.41, 5.74) is 7.36. The molecule has 1 aromatic carbocycles. The van der Waals surface area contributed by atoms with Crippen molar-refractivity contribution in [3.8, 4) is 0 Å². The lowest BCUT2D eigenvalue weighted by Gasteiger charge is -2.23. The summed E-state index contributed by atoms with van der Waals surface area (Å²) >= 11 is 5.90. The van der Waals surface area contributed by atoms with Crippen molar-refractivity contribution in [3.63, 3.8) is 0 Å². The van der Waals surface area contributed by atoms with E-state index in [1.807, 2.05) is 12.1 Å². The molecule has 3 N–H and O–H groups in total. The maximum absolute atomic E-state index is 11.1. The van der Waals surface area contributed by atoms with Crippen molar-refractivity contribution in [1.29, 1.82) is 0 Å². The second-order valence-corrected chi connectivity index (χ2v) is 3.47.